The van der Waals surface area contributed by atoms with Crippen LogP contribution in [0.25, 0.3) is 0 Å². The lowest BCUT2D eigenvalue weighted by molar-refractivity contribution is -0.137. The maximum absolute atomic E-state index is 12.4. The minimum atomic E-state index is -0.646. The van der Waals surface area contributed by atoms with Crippen LogP contribution in [0.1, 0.15) is 59.3 Å². The highest BCUT2D eigenvalue weighted by atomic mass is 16.5. The van der Waals surface area contributed by atoms with Crippen molar-refractivity contribution in [2.45, 2.75) is 41.0 Å². The van der Waals surface area contributed by atoms with Gasteiger partial charge in [-0.05, 0) is 44.6 Å². The van der Waals surface area contributed by atoms with Crippen molar-refractivity contribution in [1.82, 2.24) is 9.88 Å². The molecule has 1 aromatic rings. The van der Waals surface area contributed by atoms with E-state index in [0.29, 0.717) is 41.7 Å². The summed E-state index contributed by atoms with van der Waals surface area (Å²) in [5.41, 5.74) is 1.53. The van der Waals surface area contributed by atoms with Crippen molar-refractivity contribution < 1.29 is 23.9 Å². The van der Waals surface area contributed by atoms with Gasteiger partial charge in [-0.1, -0.05) is 13.8 Å². The molecule has 0 aromatic carbocycles. The standard InChI is InChI=1S/C19H28N2O5/c1-6-25-18(23)16-13(4)17(20-14(16)5)19(24)26-10-15(22)21-8-11(2)7-12(3)9-21/h11-12,20H,6-10H2,1-5H3/t11-,12-/m0/s1. The second kappa shape index (κ2) is 8.38. The van der Waals surface area contributed by atoms with Crippen molar-refractivity contribution >= 4 is 17.8 Å². The fourth-order valence-corrected chi connectivity index (χ4v) is 3.62. The van der Waals surface area contributed by atoms with E-state index in [1.54, 1.807) is 25.7 Å². The van der Waals surface area contributed by atoms with Crippen LogP contribution in [0, 0.1) is 25.7 Å². The first-order valence-electron chi connectivity index (χ1n) is 9.05. The molecule has 0 unspecified atom stereocenters. The first-order valence-corrected chi connectivity index (χ1v) is 9.05. The monoisotopic (exact) mass is 364 g/mol. The van der Waals surface area contributed by atoms with Gasteiger partial charge in [0.25, 0.3) is 5.91 Å². The Labute approximate surface area is 154 Å². The Morgan fingerprint density at radius 3 is 2.27 bits per heavy atom. The zero-order valence-electron chi connectivity index (χ0n) is 16.2. The molecular weight excluding hydrogens is 336 g/mol. The Hall–Kier alpha value is -2.31. The molecule has 1 amide bonds. The molecule has 1 N–H and O–H groups in total. The molecule has 1 aromatic heterocycles. The summed E-state index contributed by atoms with van der Waals surface area (Å²) in [5, 5.41) is 0. The van der Waals surface area contributed by atoms with E-state index < -0.39 is 11.9 Å². The summed E-state index contributed by atoms with van der Waals surface area (Å²) in [4.78, 5) is 41.3. The van der Waals surface area contributed by atoms with Crippen molar-refractivity contribution in [2.24, 2.45) is 11.8 Å². The van der Waals surface area contributed by atoms with Crippen LogP contribution in [-0.4, -0.2) is 54.0 Å². The number of nitrogens with one attached hydrogen (secondary N) is 1. The summed E-state index contributed by atoms with van der Waals surface area (Å²) >= 11 is 0. The van der Waals surface area contributed by atoms with Crippen LogP contribution in [0.3, 0.4) is 0 Å². The number of carbonyl (C=O) groups is 3. The largest absolute Gasteiger partial charge is 0.462 e. The number of aryl methyl sites for hydroxylation is 1. The number of hydrogen-bond donors (Lipinski definition) is 1. The van der Waals surface area contributed by atoms with E-state index in [0.717, 1.165) is 6.42 Å². The molecule has 1 saturated heterocycles. The smallest absolute Gasteiger partial charge is 0.355 e. The minimum Gasteiger partial charge on any atom is -0.462 e. The number of hydrogen-bond acceptors (Lipinski definition) is 5. The maximum Gasteiger partial charge on any atom is 0.355 e. The lowest BCUT2D eigenvalue weighted by Crippen LogP contribution is -2.44. The van der Waals surface area contributed by atoms with E-state index in [-0.39, 0.29) is 24.8 Å². The van der Waals surface area contributed by atoms with Crippen LogP contribution in [0.2, 0.25) is 0 Å². The van der Waals surface area contributed by atoms with Gasteiger partial charge in [0.15, 0.2) is 6.61 Å². The number of aromatic nitrogens is 1. The highest BCUT2D eigenvalue weighted by Gasteiger charge is 2.27. The molecule has 1 aliphatic heterocycles. The molecular formula is C19H28N2O5. The number of aromatic amines is 1. The summed E-state index contributed by atoms with van der Waals surface area (Å²) in [6, 6.07) is 0. The predicted molar refractivity (Wildman–Crippen MR) is 96.0 cm³/mol. The average Bonchev–Trinajstić information content (AvgIpc) is 2.86. The van der Waals surface area contributed by atoms with Crippen LogP contribution in [0.4, 0.5) is 0 Å². The van der Waals surface area contributed by atoms with E-state index >= 15 is 0 Å². The number of esters is 2. The zero-order chi connectivity index (χ0) is 19.4. The van der Waals surface area contributed by atoms with Crippen molar-refractivity contribution in [2.75, 3.05) is 26.3 Å². The molecule has 1 fully saturated rings. The summed E-state index contributed by atoms with van der Waals surface area (Å²) < 4.78 is 10.2. The summed E-state index contributed by atoms with van der Waals surface area (Å²) in [5.74, 6) is -0.432. The summed E-state index contributed by atoms with van der Waals surface area (Å²) in [7, 11) is 0. The lowest BCUT2D eigenvalue weighted by Gasteiger charge is -2.34. The van der Waals surface area contributed by atoms with Crippen molar-refractivity contribution in [3.05, 3.63) is 22.5 Å². The van der Waals surface area contributed by atoms with Crippen LogP contribution in [-0.2, 0) is 14.3 Å². The first-order chi connectivity index (χ1) is 12.2. The second-order valence-electron chi connectivity index (χ2n) is 7.17. The van der Waals surface area contributed by atoms with Crippen LogP contribution >= 0.6 is 0 Å². The average molecular weight is 364 g/mol. The van der Waals surface area contributed by atoms with E-state index in [9.17, 15) is 14.4 Å². The molecule has 0 spiro atoms. The van der Waals surface area contributed by atoms with Crippen molar-refractivity contribution in [3.8, 4) is 0 Å². The summed E-state index contributed by atoms with van der Waals surface area (Å²) in [6.07, 6.45) is 1.10. The Kier molecular flexibility index (Phi) is 6.45. The van der Waals surface area contributed by atoms with Gasteiger partial charge in [-0.15, -0.1) is 0 Å². The number of rotatable bonds is 5. The third kappa shape index (κ3) is 4.45. The van der Waals surface area contributed by atoms with Gasteiger partial charge >= 0.3 is 11.9 Å². The third-order valence-corrected chi connectivity index (χ3v) is 4.67. The molecule has 26 heavy (non-hydrogen) atoms. The fourth-order valence-electron chi connectivity index (χ4n) is 3.62. The van der Waals surface area contributed by atoms with Gasteiger partial charge in [-0.3, -0.25) is 4.79 Å². The molecule has 0 bridgehead atoms. The molecule has 7 heteroatoms. The topological polar surface area (TPSA) is 88.7 Å². The third-order valence-electron chi connectivity index (χ3n) is 4.67. The van der Waals surface area contributed by atoms with Crippen LogP contribution in [0.5, 0.6) is 0 Å². The van der Waals surface area contributed by atoms with Crippen molar-refractivity contribution in [3.63, 3.8) is 0 Å². The van der Waals surface area contributed by atoms with Gasteiger partial charge in [0.2, 0.25) is 0 Å². The number of ether oxygens (including phenoxy) is 2. The fraction of sp³-hybridized carbons (Fsp3) is 0.632. The van der Waals surface area contributed by atoms with Gasteiger partial charge in [0.05, 0.1) is 12.2 Å². The molecule has 2 atom stereocenters. The number of nitrogens with zero attached hydrogens (tertiary/aromatic N) is 1. The van der Waals surface area contributed by atoms with Gasteiger partial charge < -0.3 is 19.4 Å². The van der Waals surface area contributed by atoms with E-state index in [1.165, 1.54) is 0 Å². The number of carbonyl (C=O) groups excluding carboxylic acids is 3. The second-order valence-corrected chi connectivity index (χ2v) is 7.17. The molecule has 2 rings (SSSR count). The van der Waals surface area contributed by atoms with Crippen molar-refractivity contribution in [1.29, 1.82) is 0 Å². The zero-order valence-corrected chi connectivity index (χ0v) is 16.2. The molecule has 1 aliphatic rings. The van der Waals surface area contributed by atoms with Gasteiger partial charge in [0.1, 0.15) is 5.69 Å². The Morgan fingerprint density at radius 2 is 1.69 bits per heavy atom. The number of H-pyrrole nitrogens is 1. The molecule has 7 nitrogen and oxygen atoms in total. The predicted octanol–water partition coefficient (Wildman–Crippen LogP) is 2.47. The molecule has 144 valence electrons. The van der Waals surface area contributed by atoms with E-state index in [4.69, 9.17) is 9.47 Å². The van der Waals surface area contributed by atoms with E-state index in [2.05, 4.69) is 18.8 Å². The quantitative estimate of drug-likeness (QED) is 0.811. The number of likely N-dealkylation sites (tertiary alicyclic amines) is 1. The van der Waals surface area contributed by atoms with Gasteiger partial charge in [-0.25, -0.2) is 9.59 Å². The van der Waals surface area contributed by atoms with Crippen LogP contribution < -0.4 is 0 Å². The highest BCUT2D eigenvalue weighted by molar-refractivity contribution is 5.99. The molecule has 0 aliphatic carbocycles. The Bertz CT molecular complexity index is 684. The molecule has 0 saturated carbocycles. The summed E-state index contributed by atoms with van der Waals surface area (Å²) in [6.45, 7) is 10.6. The van der Waals surface area contributed by atoms with Gasteiger partial charge in [0, 0.05) is 18.8 Å². The van der Waals surface area contributed by atoms with Gasteiger partial charge in [-0.2, -0.15) is 0 Å². The minimum absolute atomic E-state index is 0.179. The maximum atomic E-state index is 12.4. The lowest BCUT2D eigenvalue weighted by atomic mass is 9.92. The number of piperidine rings is 1. The first kappa shape index (κ1) is 20.0. The number of amides is 1. The molecule has 0 radical (unpaired) electrons. The normalized spacial score (nSPS) is 20.0. The van der Waals surface area contributed by atoms with Crippen LogP contribution in [0.15, 0.2) is 0 Å². The van der Waals surface area contributed by atoms with E-state index in [1.807, 2.05) is 0 Å². The highest BCUT2D eigenvalue weighted by Crippen LogP contribution is 2.22. The Morgan fingerprint density at radius 1 is 1.08 bits per heavy atom. The molecule has 2 heterocycles. The SMILES string of the molecule is CCOC(=O)c1c(C)[nH]c(C(=O)OCC(=O)N2C[C@@H](C)C[C@H](C)C2)c1C. The Balaban J connectivity index is 2.01.